The van der Waals surface area contributed by atoms with E-state index >= 15 is 0 Å². The number of carbonyl (C=O) groups excluding carboxylic acids is 1. The minimum Gasteiger partial charge on any atom is -0.361 e. The van der Waals surface area contributed by atoms with Gasteiger partial charge in [0.2, 0.25) is 5.91 Å². The van der Waals surface area contributed by atoms with Gasteiger partial charge in [-0.25, -0.2) is 0 Å². The third-order valence-corrected chi connectivity index (χ3v) is 3.94. The molecule has 1 aromatic heterocycles. The van der Waals surface area contributed by atoms with E-state index in [2.05, 4.69) is 10.3 Å². The summed E-state index contributed by atoms with van der Waals surface area (Å²) in [6.07, 6.45) is -2.59. The summed E-state index contributed by atoms with van der Waals surface area (Å²) in [6, 6.07) is 11.4. The number of H-pyrrole nitrogens is 1. The first-order chi connectivity index (χ1) is 11.9. The molecule has 25 heavy (non-hydrogen) atoms. The summed E-state index contributed by atoms with van der Waals surface area (Å²) in [6.45, 7) is 0. The van der Waals surface area contributed by atoms with E-state index in [1.165, 1.54) is 18.2 Å². The lowest BCUT2D eigenvalue weighted by Crippen LogP contribution is -2.37. The van der Waals surface area contributed by atoms with E-state index < -0.39 is 23.7 Å². The normalized spacial score (nSPS) is 13.0. The molecule has 0 unspecified atom stereocenters. The topological polar surface area (TPSA) is 70.9 Å². The predicted molar refractivity (Wildman–Crippen MR) is 90.1 cm³/mol. The first-order valence-corrected chi connectivity index (χ1v) is 7.64. The number of rotatable bonds is 4. The van der Waals surface area contributed by atoms with Crippen molar-refractivity contribution in [3.8, 4) is 0 Å². The van der Waals surface area contributed by atoms with Crippen LogP contribution in [0.5, 0.6) is 0 Å². The molecule has 0 bridgehead atoms. The molecule has 1 atom stereocenters. The van der Waals surface area contributed by atoms with E-state index in [1.807, 2.05) is 24.3 Å². The number of alkyl halides is 3. The average Bonchev–Trinajstić information content (AvgIpc) is 2.97. The van der Waals surface area contributed by atoms with E-state index in [-0.39, 0.29) is 12.1 Å². The van der Waals surface area contributed by atoms with Gasteiger partial charge in [0.05, 0.1) is 17.3 Å². The highest BCUT2D eigenvalue weighted by Gasteiger charge is 2.33. The number of nitrogens with two attached hydrogens (primary N) is 1. The minimum atomic E-state index is -4.55. The van der Waals surface area contributed by atoms with Crippen LogP contribution in [-0.2, 0) is 17.4 Å². The molecular formula is C18H16F3N3O. The zero-order chi connectivity index (χ0) is 18.0. The molecule has 0 spiro atoms. The summed E-state index contributed by atoms with van der Waals surface area (Å²) in [5.41, 5.74) is 6.45. The van der Waals surface area contributed by atoms with Crippen LogP contribution in [0.1, 0.15) is 11.1 Å². The number of anilines is 1. The van der Waals surface area contributed by atoms with Gasteiger partial charge in [-0.15, -0.1) is 0 Å². The number of hydrogen-bond donors (Lipinski definition) is 3. The van der Waals surface area contributed by atoms with Gasteiger partial charge in [-0.2, -0.15) is 13.2 Å². The number of halogens is 3. The Kier molecular flexibility index (Phi) is 4.50. The fraction of sp³-hybridized carbons (Fsp3) is 0.167. The van der Waals surface area contributed by atoms with Crippen molar-refractivity contribution >= 4 is 22.5 Å². The molecule has 3 aromatic rings. The lowest BCUT2D eigenvalue weighted by atomic mass is 10.0. The van der Waals surface area contributed by atoms with Crippen molar-refractivity contribution in [1.29, 1.82) is 0 Å². The van der Waals surface area contributed by atoms with Gasteiger partial charge in [-0.3, -0.25) is 4.79 Å². The first-order valence-electron chi connectivity index (χ1n) is 7.64. The fourth-order valence-corrected chi connectivity index (χ4v) is 2.69. The fourth-order valence-electron chi connectivity index (χ4n) is 2.69. The van der Waals surface area contributed by atoms with Crippen LogP contribution in [0.15, 0.2) is 54.7 Å². The number of carbonyl (C=O) groups is 1. The molecule has 0 saturated carbocycles. The van der Waals surface area contributed by atoms with E-state index in [0.717, 1.165) is 22.5 Å². The summed E-state index contributed by atoms with van der Waals surface area (Å²) in [7, 11) is 0. The second-order valence-corrected chi connectivity index (χ2v) is 5.70. The molecule has 0 aliphatic rings. The number of hydrogen-bond acceptors (Lipinski definition) is 2. The van der Waals surface area contributed by atoms with Crippen molar-refractivity contribution in [2.45, 2.75) is 18.6 Å². The standard InChI is InChI=1S/C18H16F3N3O/c19-18(20,21)13-6-2-4-8-16(13)24-17(25)14(22)9-11-10-23-15-7-3-1-5-12(11)15/h1-8,10,14,23H,9,22H2,(H,24,25)/t14-/m1/s1. The maximum Gasteiger partial charge on any atom is 0.418 e. The number of amides is 1. The molecule has 0 radical (unpaired) electrons. The molecule has 0 aliphatic heterocycles. The lowest BCUT2D eigenvalue weighted by Gasteiger charge is -2.16. The van der Waals surface area contributed by atoms with Crippen molar-refractivity contribution < 1.29 is 18.0 Å². The van der Waals surface area contributed by atoms with E-state index in [9.17, 15) is 18.0 Å². The van der Waals surface area contributed by atoms with Crippen LogP contribution in [0.4, 0.5) is 18.9 Å². The Labute approximate surface area is 141 Å². The molecule has 2 aromatic carbocycles. The molecule has 0 fully saturated rings. The van der Waals surface area contributed by atoms with Crippen LogP contribution in [0.25, 0.3) is 10.9 Å². The monoisotopic (exact) mass is 347 g/mol. The van der Waals surface area contributed by atoms with Gasteiger partial charge in [0.1, 0.15) is 0 Å². The van der Waals surface area contributed by atoms with Gasteiger partial charge in [-0.1, -0.05) is 30.3 Å². The summed E-state index contributed by atoms with van der Waals surface area (Å²) in [5, 5.41) is 3.22. The number of aromatic amines is 1. The number of fused-ring (bicyclic) bond motifs is 1. The van der Waals surface area contributed by atoms with Crippen molar-refractivity contribution in [3.63, 3.8) is 0 Å². The van der Waals surface area contributed by atoms with Gasteiger partial charge in [0.15, 0.2) is 0 Å². The second kappa shape index (κ2) is 6.60. The average molecular weight is 347 g/mol. The Morgan fingerprint density at radius 2 is 1.80 bits per heavy atom. The highest BCUT2D eigenvalue weighted by Crippen LogP contribution is 2.34. The van der Waals surface area contributed by atoms with Crippen molar-refractivity contribution in [1.82, 2.24) is 4.98 Å². The first kappa shape index (κ1) is 17.0. The minimum absolute atomic E-state index is 0.212. The largest absolute Gasteiger partial charge is 0.418 e. The Morgan fingerprint density at radius 1 is 1.12 bits per heavy atom. The quantitative estimate of drug-likeness (QED) is 0.673. The molecule has 1 amide bonds. The Hall–Kier alpha value is -2.80. The van der Waals surface area contributed by atoms with Crippen molar-refractivity contribution in [3.05, 3.63) is 65.9 Å². The number of benzene rings is 2. The van der Waals surface area contributed by atoms with E-state index in [0.29, 0.717) is 0 Å². The molecule has 0 aliphatic carbocycles. The predicted octanol–water partition coefficient (Wildman–Crippen LogP) is 3.70. The van der Waals surface area contributed by atoms with Crippen molar-refractivity contribution in [2.24, 2.45) is 5.73 Å². The molecule has 3 rings (SSSR count). The Morgan fingerprint density at radius 3 is 2.56 bits per heavy atom. The van der Waals surface area contributed by atoms with Crippen LogP contribution in [0, 0.1) is 0 Å². The molecule has 0 saturated heterocycles. The molecule has 4 nitrogen and oxygen atoms in total. The molecular weight excluding hydrogens is 331 g/mol. The molecule has 7 heteroatoms. The molecule has 4 N–H and O–H groups in total. The zero-order valence-corrected chi connectivity index (χ0v) is 13.1. The third-order valence-electron chi connectivity index (χ3n) is 3.94. The van der Waals surface area contributed by atoms with Crippen LogP contribution in [-0.4, -0.2) is 16.9 Å². The van der Waals surface area contributed by atoms with Gasteiger partial charge < -0.3 is 16.0 Å². The molecule has 1 heterocycles. The highest BCUT2D eigenvalue weighted by atomic mass is 19.4. The Bertz CT molecular complexity index is 902. The maximum absolute atomic E-state index is 13.0. The number of para-hydroxylation sites is 2. The Balaban J connectivity index is 1.76. The van der Waals surface area contributed by atoms with Gasteiger partial charge in [0.25, 0.3) is 0 Å². The van der Waals surface area contributed by atoms with Crippen LogP contribution in [0.2, 0.25) is 0 Å². The lowest BCUT2D eigenvalue weighted by molar-refractivity contribution is -0.137. The summed E-state index contributed by atoms with van der Waals surface area (Å²) < 4.78 is 39.0. The molecule has 130 valence electrons. The summed E-state index contributed by atoms with van der Waals surface area (Å²) in [4.78, 5) is 15.3. The van der Waals surface area contributed by atoms with Crippen LogP contribution in [0.3, 0.4) is 0 Å². The van der Waals surface area contributed by atoms with Crippen molar-refractivity contribution in [2.75, 3.05) is 5.32 Å². The van der Waals surface area contributed by atoms with Gasteiger partial charge in [0, 0.05) is 17.1 Å². The maximum atomic E-state index is 13.0. The van der Waals surface area contributed by atoms with Crippen LogP contribution < -0.4 is 11.1 Å². The highest BCUT2D eigenvalue weighted by molar-refractivity contribution is 5.96. The van der Waals surface area contributed by atoms with Gasteiger partial charge >= 0.3 is 6.18 Å². The zero-order valence-electron chi connectivity index (χ0n) is 13.1. The summed E-state index contributed by atoms with van der Waals surface area (Å²) >= 11 is 0. The number of aromatic nitrogens is 1. The SMILES string of the molecule is N[C@H](Cc1c[nH]c2ccccc12)C(=O)Nc1ccccc1C(F)(F)F. The second-order valence-electron chi connectivity index (χ2n) is 5.70. The third kappa shape index (κ3) is 3.66. The smallest absolute Gasteiger partial charge is 0.361 e. The summed E-state index contributed by atoms with van der Waals surface area (Å²) in [5.74, 6) is -0.665. The van der Waals surface area contributed by atoms with Crippen LogP contribution >= 0.6 is 0 Å². The van der Waals surface area contributed by atoms with E-state index in [1.54, 1.807) is 6.20 Å². The van der Waals surface area contributed by atoms with E-state index in [4.69, 9.17) is 5.73 Å². The number of nitrogens with one attached hydrogen (secondary N) is 2. The van der Waals surface area contributed by atoms with Gasteiger partial charge in [-0.05, 0) is 30.2 Å².